The number of aliphatic hydroxyl groups is 1. The molecule has 1 heterocycles. The van der Waals surface area contributed by atoms with Crippen molar-refractivity contribution in [2.75, 3.05) is 25.0 Å². The SMILES string of the molecule is CN(CC(C)(C)O)C(=O)N1CCc2ccc(C(=O)O)cc21. The molecule has 0 radical (unpaired) electrons. The van der Waals surface area contributed by atoms with Gasteiger partial charge in [0.2, 0.25) is 0 Å². The number of carbonyl (C=O) groups is 2. The first-order valence-corrected chi connectivity index (χ1v) is 6.80. The Morgan fingerprint density at radius 1 is 1.38 bits per heavy atom. The number of anilines is 1. The van der Waals surface area contributed by atoms with Crippen LogP contribution in [0.15, 0.2) is 18.2 Å². The third-order valence-corrected chi connectivity index (χ3v) is 3.41. The van der Waals surface area contributed by atoms with Crippen molar-refractivity contribution in [2.45, 2.75) is 25.9 Å². The largest absolute Gasteiger partial charge is 0.478 e. The van der Waals surface area contributed by atoms with Crippen molar-refractivity contribution >= 4 is 17.7 Å². The van der Waals surface area contributed by atoms with Crippen molar-refractivity contribution < 1.29 is 19.8 Å². The van der Waals surface area contributed by atoms with Gasteiger partial charge in [-0.15, -0.1) is 0 Å². The minimum absolute atomic E-state index is 0.165. The maximum absolute atomic E-state index is 12.5. The maximum Gasteiger partial charge on any atom is 0.335 e. The lowest BCUT2D eigenvalue weighted by molar-refractivity contribution is 0.0542. The van der Waals surface area contributed by atoms with Gasteiger partial charge in [-0.1, -0.05) is 6.07 Å². The average molecular weight is 292 g/mol. The first kappa shape index (κ1) is 15.3. The third-order valence-electron chi connectivity index (χ3n) is 3.41. The highest BCUT2D eigenvalue weighted by Gasteiger charge is 2.29. The van der Waals surface area contributed by atoms with Crippen LogP contribution in [-0.2, 0) is 6.42 Å². The van der Waals surface area contributed by atoms with Crippen LogP contribution in [0.5, 0.6) is 0 Å². The van der Waals surface area contributed by atoms with Gasteiger partial charge in [-0.25, -0.2) is 9.59 Å². The molecule has 1 aliphatic rings. The van der Waals surface area contributed by atoms with E-state index >= 15 is 0 Å². The average Bonchev–Trinajstić information content (AvgIpc) is 2.78. The van der Waals surface area contributed by atoms with Crippen molar-refractivity contribution in [1.82, 2.24) is 4.90 Å². The summed E-state index contributed by atoms with van der Waals surface area (Å²) in [6.07, 6.45) is 0.706. The first-order valence-electron chi connectivity index (χ1n) is 6.80. The smallest absolute Gasteiger partial charge is 0.335 e. The molecule has 114 valence electrons. The van der Waals surface area contributed by atoms with Gasteiger partial charge in [0.05, 0.1) is 17.7 Å². The molecule has 2 N–H and O–H groups in total. The topological polar surface area (TPSA) is 81.1 Å². The maximum atomic E-state index is 12.5. The van der Waals surface area contributed by atoms with E-state index in [9.17, 15) is 14.7 Å². The molecule has 6 nitrogen and oxygen atoms in total. The summed E-state index contributed by atoms with van der Waals surface area (Å²) in [5.74, 6) is -1.01. The molecule has 2 amide bonds. The van der Waals surface area contributed by atoms with E-state index < -0.39 is 11.6 Å². The van der Waals surface area contributed by atoms with Crippen LogP contribution in [0.2, 0.25) is 0 Å². The Labute approximate surface area is 123 Å². The van der Waals surface area contributed by atoms with Gasteiger partial charge >= 0.3 is 12.0 Å². The highest BCUT2D eigenvalue weighted by Crippen LogP contribution is 2.30. The quantitative estimate of drug-likeness (QED) is 0.886. The van der Waals surface area contributed by atoms with Gasteiger partial charge in [-0.05, 0) is 38.0 Å². The normalized spacial score (nSPS) is 14.0. The second-order valence-electron chi connectivity index (χ2n) is 6.00. The number of fused-ring (bicyclic) bond motifs is 1. The summed E-state index contributed by atoms with van der Waals surface area (Å²) >= 11 is 0. The summed E-state index contributed by atoms with van der Waals surface area (Å²) in [7, 11) is 1.62. The van der Waals surface area contributed by atoms with Crippen LogP contribution in [0.3, 0.4) is 0 Å². The molecule has 0 aromatic heterocycles. The fraction of sp³-hybridized carbons (Fsp3) is 0.467. The summed E-state index contributed by atoms with van der Waals surface area (Å²) in [6, 6.07) is 4.59. The Morgan fingerprint density at radius 2 is 2.05 bits per heavy atom. The van der Waals surface area contributed by atoms with Crippen LogP contribution >= 0.6 is 0 Å². The van der Waals surface area contributed by atoms with E-state index in [4.69, 9.17) is 5.11 Å². The number of rotatable bonds is 3. The molecule has 0 unspecified atom stereocenters. The van der Waals surface area contributed by atoms with Crippen LogP contribution in [-0.4, -0.2) is 52.9 Å². The van der Waals surface area contributed by atoms with Crippen molar-refractivity contribution in [2.24, 2.45) is 0 Å². The second-order valence-corrected chi connectivity index (χ2v) is 6.00. The molecule has 1 aromatic rings. The third kappa shape index (κ3) is 3.33. The number of carboxylic acid groups (broad SMARTS) is 1. The predicted octanol–water partition coefficient (Wildman–Crippen LogP) is 1.57. The van der Waals surface area contributed by atoms with E-state index in [1.807, 2.05) is 0 Å². The van der Waals surface area contributed by atoms with Gasteiger partial charge in [0.15, 0.2) is 0 Å². The molecule has 21 heavy (non-hydrogen) atoms. The van der Waals surface area contributed by atoms with Gasteiger partial charge in [0.1, 0.15) is 0 Å². The molecule has 1 aromatic carbocycles. The van der Waals surface area contributed by atoms with Crippen LogP contribution in [0.1, 0.15) is 29.8 Å². The number of aromatic carboxylic acids is 1. The molecule has 0 aliphatic carbocycles. The number of carbonyl (C=O) groups excluding carboxylic acids is 1. The van der Waals surface area contributed by atoms with Crippen molar-refractivity contribution in [3.8, 4) is 0 Å². The molecule has 1 aliphatic heterocycles. The number of urea groups is 1. The van der Waals surface area contributed by atoms with Crippen molar-refractivity contribution in [3.05, 3.63) is 29.3 Å². The Morgan fingerprint density at radius 3 is 2.62 bits per heavy atom. The number of hydrogen-bond donors (Lipinski definition) is 2. The number of likely N-dealkylation sites (N-methyl/N-ethyl adjacent to an activating group) is 1. The number of hydrogen-bond acceptors (Lipinski definition) is 3. The molecule has 0 saturated heterocycles. The highest BCUT2D eigenvalue weighted by atomic mass is 16.4. The second kappa shape index (κ2) is 5.37. The van der Waals surface area contributed by atoms with Crippen molar-refractivity contribution in [3.63, 3.8) is 0 Å². The fourth-order valence-electron chi connectivity index (χ4n) is 2.57. The van der Waals surface area contributed by atoms with E-state index in [1.165, 1.54) is 11.0 Å². The standard InChI is InChI=1S/C15H20N2O4/c1-15(2,21)9-16(3)14(20)17-7-6-10-4-5-11(13(18)19)8-12(10)17/h4-5,8,21H,6-7,9H2,1-3H3,(H,18,19). The van der Waals surface area contributed by atoms with E-state index in [1.54, 1.807) is 37.9 Å². The lowest BCUT2D eigenvalue weighted by Gasteiger charge is -2.29. The minimum Gasteiger partial charge on any atom is -0.478 e. The Hall–Kier alpha value is -2.08. The predicted molar refractivity (Wildman–Crippen MR) is 78.8 cm³/mol. The Balaban J connectivity index is 2.23. The van der Waals surface area contributed by atoms with Crippen LogP contribution in [0, 0.1) is 0 Å². The minimum atomic E-state index is -1.01. The van der Waals surface area contributed by atoms with E-state index in [0.29, 0.717) is 18.7 Å². The molecular weight excluding hydrogens is 272 g/mol. The van der Waals surface area contributed by atoms with E-state index in [2.05, 4.69) is 0 Å². The molecule has 0 atom stereocenters. The number of benzene rings is 1. The number of carboxylic acids is 1. The molecule has 2 rings (SSSR count). The summed E-state index contributed by atoms with van der Waals surface area (Å²) in [6.45, 7) is 4.00. The molecule has 0 saturated carbocycles. The van der Waals surface area contributed by atoms with Gasteiger partial charge in [0.25, 0.3) is 0 Å². The zero-order chi connectivity index (χ0) is 15.8. The van der Waals surface area contributed by atoms with Gasteiger partial charge < -0.3 is 15.1 Å². The fourth-order valence-corrected chi connectivity index (χ4v) is 2.57. The molecule has 6 heteroatoms. The Bertz CT molecular complexity index is 578. The van der Waals surface area contributed by atoms with Gasteiger partial charge in [-0.2, -0.15) is 0 Å². The van der Waals surface area contributed by atoms with Crippen LogP contribution in [0.4, 0.5) is 10.5 Å². The summed E-state index contributed by atoms with van der Waals surface area (Å²) in [5, 5.41) is 18.9. The van der Waals surface area contributed by atoms with Gasteiger partial charge in [-0.3, -0.25) is 4.90 Å². The van der Waals surface area contributed by atoms with E-state index in [-0.39, 0.29) is 18.1 Å². The molecule has 0 bridgehead atoms. The molecule has 0 fully saturated rings. The van der Waals surface area contributed by atoms with Crippen LogP contribution < -0.4 is 4.90 Å². The molecular formula is C15H20N2O4. The van der Waals surface area contributed by atoms with Crippen LogP contribution in [0.25, 0.3) is 0 Å². The zero-order valence-electron chi connectivity index (χ0n) is 12.5. The van der Waals surface area contributed by atoms with Crippen molar-refractivity contribution in [1.29, 1.82) is 0 Å². The number of nitrogens with zero attached hydrogens (tertiary/aromatic N) is 2. The lowest BCUT2D eigenvalue weighted by atomic mass is 10.1. The summed E-state index contributed by atoms with van der Waals surface area (Å²) in [5.41, 5.74) is 0.793. The lowest BCUT2D eigenvalue weighted by Crippen LogP contribution is -2.46. The monoisotopic (exact) mass is 292 g/mol. The van der Waals surface area contributed by atoms with Gasteiger partial charge in [0, 0.05) is 19.3 Å². The van der Waals surface area contributed by atoms with E-state index in [0.717, 1.165) is 5.56 Å². The Kier molecular flexibility index (Phi) is 3.91. The zero-order valence-corrected chi connectivity index (χ0v) is 12.5. The molecule has 0 spiro atoms. The highest BCUT2D eigenvalue weighted by molar-refractivity contribution is 5.96. The summed E-state index contributed by atoms with van der Waals surface area (Å²) in [4.78, 5) is 26.5. The summed E-state index contributed by atoms with van der Waals surface area (Å²) < 4.78 is 0. The first-order chi connectivity index (χ1) is 9.69. The number of amides is 2.